The molecule has 0 saturated heterocycles. The first kappa shape index (κ1) is 43.8. The van der Waals surface area contributed by atoms with Crippen molar-refractivity contribution >= 4 is 19.8 Å². The number of ether oxygens (including phenoxy) is 2. The highest BCUT2D eigenvalue weighted by molar-refractivity contribution is 7.47. The molecule has 0 aromatic rings. The van der Waals surface area contributed by atoms with E-state index in [-0.39, 0.29) is 38.6 Å². The van der Waals surface area contributed by atoms with Crippen molar-refractivity contribution in [3.8, 4) is 0 Å². The lowest BCUT2D eigenvalue weighted by Crippen LogP contribution is -2.29. The van der Waals surface area contributed by atoms with E-state index in [1.807, 2.05) is 0 Å². The van der Waals surface area contributed by atoms with Gasteiger partial charge >= 0.3 is 19.8 Å². The van der Waals surface area contributed by atoms with Crippen LogP contribution in [-0.4, -0.2) is 49.3 Å². The first-order valence-electron chi connectivity index (χ1n) is 18.2. The van der Waals surface area contributed by atoms with Gasteiger partial charge in [-0.05, 0) is 38.5 Å². The second-order valence-corrected chi connectivity index (χ2v) is 13.5. The van der Waals surface area contributed by atoms with Crippen molar-refractivity contribution < 1.29 is 37.6 Å². The highest BCUT2D eigenvalue weighted by Gasteiger charge is 2.25. The molecule has 2 atom stereocenters. The van der Waals surface area contributed by atoms with Crippen LogP contribution in [0.1, 0.15) is 168 Å². The lowest BCUT2D eigenvalue weighted by Gasteiger charge is -2.19. The zero-order valence-electron chi connectivity index (χ0n) is 28.9. The molecule has 2 unspecified atom stereocenters. The Labute approximate surface area is 275 Å². The lowest BCUT2D eigenvalue weighted by atomic mass is 10.1. The molecule has 0 heterocycles. The maximum absolute atomic E-state index is 12.5. The van der Waals surface area contributed by atoms with Crippen LogP contribution in [0, 0.1) is 0 Å². The minimum Gasteiger partial charge on any atom is -0.462 e. The zero-order chi connectivity index (χ0) is 33.3. The minimum absolute atomic E-state index is 0.0544. The maximum atomic E-state index is 12.5. The normalized spacial score (nSPS) is 13.6. The molecular formula is C35H68NO8P. The second kappa shape index (κ2) is 32.7. The van der Waals surface area contributed by atoms with Gasteiger partial charge in [0.15, 0.2) is 6.10 Å². The number of esters is 2. The van der Waals surface area contributed by atoms with E-state index in [9.17, 15) is 19.0 Å². The van der Waals surface area contributed by atoms with Gasteiger partial charge in [0.2, 0.25) is 0 Å². The molecule has 9 nitrogen and oxygen atoms in total. The smallest absolute Gasteiger partial charge is 0.462 e. The van der Waals surface area contributed by atoms with Crippen LogP contribution in [0.15, 0.2) is 12.2 Å². The molecule has 0 fully saturated rings. The second-order valence-electron chi connectivity index (χ2n) is 12.1. The predicted octanol–water partition coefficient (Wildman–Crippen LogP) is 9.49. The molecule has 3 N–H and O–H groups in total. The average Bonchev–Trinajstić information content (AvgIpc) is 3.02. The molecule has 0 amide bonds. The Morgan fingerprint density at radius 2 is 1.09 bits per heavy atom. The Balaban J connectivity index is 4.26. The molecule has 45 heavy (non-hydrogen) atoms. The van der Waals surface area contributed by atoms with E-state index in [1.54, 1.807) is 0 Å². The summed E-state index contributed by atoms with van der Waals surface area (Å²) >= 11 is 0. The molecular weight excluding hydrogens is 593 g/mol. The predicted molar refractivity (Wildman–Crippen MR) is 183 cm³/mol. The number of nitrogens with two attached hydrogens (primary N) is 1. The number of rotatable bonds is 34. The topological polar surface area (TPSA) is 134 Å². The third-order valence-corrected chi connectivity index (χ3v) is 8.64. The third-order valence-electron chi connectivity index (χ3n) is 7.65. The SMILES string of the molecule is CCCCCC/C=C\CCCCCCCC(=O)OC(COC(=O)CCCCCCCCCCCCC)COP(=O)(O)OCCN. The number of phosphoric ester groups is 1. The van der Waals surface area contributed by atoms with Gasteiger partial charge in [0, 0.05) is 19.4 Å². The van der Waals surface area contributed by atoms with Crippen molar-refractivity contribution in [1.82, 2.24) is 0 Å². The summed E-state index contributed by atoms with van der Waals surface area (Å²) in [5, 5.41) is 0. The highest BCUT2D eigenvalue weighted by atomic mass is 31.2. The lowest BCUT2D eigenvalue weighted by molar-refractivity contribution is -0.161. The summed E-state index contributed by atoms with van der Waals surface area (Å²) in [6.45, 7) is 3.69. The number of unbranched alkanes of at least 4 members (excludes halogenated alkanes) is 19. The Morgan fingerprint density at radius 1 is 0.644 bits per heavy atom. The van der Waals surface area contributed by atoms with E-state index < -0.39 is 26.5 Å². The van der Waals surface area contributed by atoms with Gasteiger partial charge in [0.05, 0.1) is 13.2 Å². The summed E-state index contributed by atoms with van der Waals surface area (Å²) in [6.07, 6.45) is 29.5. The van der Waals surface area contributed by atoms with Crippen molar-refractivity contribution in [3.05, 3.63) is 12.2 Å². The molecule has 266 valence electrons. The van der Waals surface area contributed by atoms with E-state index >= 15 is 0 Å². The maximum Gasteiger partial charge on any atom is 0.472 e. The standard InChI is InChI=1S/C35H68NO8P/c1-3-5-7-9-11-13-15-16-18-20-22-24-26-28-35(38)44-33(32-43-45(39,40)42-30-29-36)31-41-34(37)27-25-23-21-19-17-14-12-10-8-6-4-2/h13,15,33H,3-12,14,16-32,36H2,1-2H3,(H,39,40)/b15-13-. The number of hydrogen-bond acceptors (Lipinski definition) is 8. The number of carbonyl (C=O) groups is 2. The van der Waals surface area contributed by atoms with E-state index in [2.05, 4.69) is 26.0 Å². The van der Waals surface area contributed by atoms with Gasteiger partial charge in [-0.25, -0.2) is 4.57 Å². The van der Waals surface area contributed by atoms with Gasteiger partial charge in [-0.1, -0.05) is 129 Å². The quantitative estimate of drug-likeness (QED) is 0.0299. The first-order valence-corrected chi connectivity index (χ1v) is 19.7. The monoisotopic (exact) mass is 661 g/mol. The Morgan fingerprint density at radius 3 is 1.60 bits per heavy atom. The van der Waals surface area contributed by atoms with Crippen LogP contribution in [0.5, 0.6) is 0 Å². The molecule has 0 spiro atoms. The molecule has 0 aliphatic heterocycles. The number of carbonyl (C=O) groups excluding carboxylic acids is 2. The molecule has 0 radical (unpaired) electrons. The summed E-state index contributed by atoms with van der Waals surface area (Å²) in [4.78, 5) is 34.6. The van der Waals surface area contributed by atoms with Crippen LogP contribution in [0.3, 0.4) is 0 Å². The summed E-state index contributed by atoms with van der Waals surface area (Å²) in [5.74, 6) is -0.837. The molecule has 0 saturated carbocycles. The van der Waals surface area contributed by atoms with Gasteiger partial charge in [-0.15, -0.1) is 0 Å². The summed E-state index contributed by atoms with van der Waals surface area (Å²) in [6, 6.07) is 0. The van der Waals surface area contributed by atoms with Crippen molar-refractivity contribution in [2.24, 2.45) is 5.73 Å². The van der Waals surface area contributed by atoms with Crippen LogP contribution in [0.2, 0.25) is 0 Å². The van der Waals surface area contributed by atoms with Crippen molar-refractivity contribution in [2.45, 2.75) is 174 Å². The van der Waals surface area contributed by atoms with Crippen LogP contribution in [0.4, 0.5) is 0 Å². The summed E-state index contributed by atoms with van der Waals surface area (Å²) < 4.78 is 32.6. The van der Waals surface area contributed by atoms with Crippen molar-refractivity contribution in [1.29, 1.82) is 0 Å². The third kappa shape index (κ3) is 32.5. The van der Waals surface area contributed by atoms with Gasteiger partial charge in [0.1, 0.15) is 6.61 Å². The first-order chi connectivity index (χ1) is 21.8. The molecule has 10 heteroatoms. The Hall–Kier alpha value is -1.25. The van der Waals surface area contributed by atoms with Gasteiger partial charge in [-0.2, -0.15) is 0 Å². The molecule has 0 aromatic heterocycles. The van der Waals surface area contributed by atoms with E-state index in [0.29, 0.717) is 6.42 Å². The molecule has 0 aliphatic rings. The minimum atomic E-state index is -4.36. The average molecular weight is 662 g/mol. The van der Waals surface area contributed by atoms with Gasteiger partial charge < -0.3 is 20.1 Å². The van der Waals surface area contributed by atoms with Crippen LogP contribution < -0.4 is 5.73 Å². The molecule has 0 aliphatic carbocycles. The number of phosphoric acid groups is 1. The van der Waals surface area contributed by atoms with E-state index in [0.717, 1.165) is 51.4 Å². The van der Waals surface area contributed by atoms with Crippen LogP contribution >= 0.6 is 7.82 Å². The number of hydrogen-bond donors (Lipinski definition) is 2. The van der Waals surface area contributed by atoms with Gasteiger partial charge in [-0.3, -0.25) is 18.6 Å². The molecule has 0 aromatic carbocycles. The molecule has 0 rings (SSSR count). The van der Waals surface area contributed by atoms with Crippen LogP contribution in [-0.2, 0) is 32.7 Å². The highest BCUT2D eigenvalue weighted by Crippen LogP contribution is 2.43. The summed E-state index contributed by atoms with van der Waals surface area (Å²) in [5.41, 5.74) is 5.32. The van der Waals surface area contributed by atoms with E-state index in [1.165, 1.54) is 83.5 Å². The van der Waals surface area contributed by atoms with Crippen LogP contribution in [0.25, 0.3) is 0 Å². The fraction of sp³-hybridized carbons (Fsp3) is 0.886. The van der Waals surface area contributed by atoms with Crippen molar-refractivity contribution in [3.63, 3.8) is 0 Å². The molecule has 0 bridgehead atoms. The summed E-state index contributed by atoms with van der Waals surface area (Å²) in [7, 11) is -4.36. The largest absolute Gasteiger partial charge is 0.472 e. The Kier molecular flexibility index (Phi) is 31.8. The zero-order valence-corrected chi connectivity index (χ0v) is 29.8. The van der Waals surface area contributed by atoms with Gasteiger partial charge in [0.25, 0.3) is 0 Å². The fourth-order valence-electron chi connectivity index (χ4n) is 4.92. The number of allylic oxidation sites excluding steroid dienone is 2. The fourth-order valence-corrected chi connectivity index (χ4v) is 5.69. The van der Waals surface area contributed by atoms with E-state index in [4.69, 9.17) is 24.3 Å². The Bertz CT molecular complexity index is 764. The van der Waals surface area contributed by atoms with Crippen molar-refractivity contribution in [2.75, 3.05) is 26.4 Å².